The molecule has 19 nitrogen and oxygen atoms in total. The van der Waals surface area contributed by atoms with Crippen molar-refractivity contribution in [3.8, 4) is 5.75 Å². The van der Waals surface area contributed by atoms with Crippen LogP contribution in [0.3, 0.4) is 0 Å². The molecule has 1 saturated carbocycles. The SMILES string of the molecule is COc1c(C)cc(C(=O)NC[C@@H](O)[C@@H](O)[C@@H]2O[C@@](C[C@@H]3OC(C)(C)O[C@H]3c3cccc(NC(=O)OC(C)(C)C)c3)(C(=O)O)C[C@H](O)[C@H]2NC(=O)Cn2cc(C3CCCCC3)nn2)cc1C. The molecule has 6 rings (SSSR count). The van der Waals surface area contributed by atoms with E-state index in [0.717, 1.165) is 37.8 Å². The number of hydrogen-bond acceptors (Lipinski definition) is 14. The lowest BCUT2D eigenvalue weighted by Crippen LogP contribution is -2.68. The van der Waals surface area contributed by atoms with E-state index >= 15 is 0 Å². The van der Waals surface area contributed by atoms with Gasteiger partial charge in [-0.25, -0.2) is 14.3 Å². The lowest BCUT2D eigenvalue weighted by molar-refractivity contribution is -0.236. The molecule has 19 heteroatoms. The first kappa shape index (κ1) is 49.3. The van der Waals surface area contributed by atoms with Gasteiger partial charge in [0.25, 0.3) is 5.91 Å². The van der Waals surface area contributed by atoms with E-state index in [0.29, 0.717) is 28.1 Å². The van der Waals surface area contributed by atoms with Crippen molar-refractivity contribution in [2.45, 2.75) is 166 Å². The number of methoxy groups -OCH3 is 1. The fraction of sp³-hybridized carbons (Fsp3) is 0.609. The van der Waals surface area contributed by atoms with Crippen LogP contribution < -0.4 is 20.7 Å². The fourth-order valence-corrected chi connectivity index (χ4v) is 9.09. The number of ether oxygens (including phenoxy) is 5. The number of hydrogen-bond donors (Lipinski definition) is 7. The molecule has 0 unspecified atom stereocenters. The van der Waals surface area contributed by atoms with Crippen LogP contribution in [0.5, 0.6) is 5.75 Å². The van der Waals surface area contributed by atoms with E-state index in [9.17, 15) is 39.6 Å². The Hall–Kier alpha value is -5.18. The molecule has 0 radical (unpaired) electrons. The van der Waals surface area contributed by atoms with E-state index in [2.05, 4.69) is 26.3 Å². The second kappa shape index (κ2) is 20.1. The number of amides is 3. The molecule has 0 bridgehead atoms. The minimum absolute atomic E-state index is 0.231. The molecule has 3 aliphatic rings. The van der Waals surface area contributed by atoms with Crippen molar-refractivity contribution in [2.75, 3.05) is 19.0 Å². The zero-order valence-corrected chi connectivity index (χ0v) is 38.3. The number of rotatable bonds is 15. The van der Waals surface area contributed by atoms with E-state index in [4.69, 9.17) is 23.7 Å². The highest BCUT2D eigenvalue weighted by molar-refractivity contribution is 5.95. The summed E-state index contributed by atoms with van der Waals surface area (Å²) in [4.78, 5) is 53.1. The predicted molar refractivity (Wildman–Crippen MR) is 234 cm³/mol. The molecule has 1 aliphatic carbocycles. The first-order valence-corrected chi connectivity index (χ1v) is 22.1. The number of aliphatic hydroxyl groups excluding tert-OH is 3. The molecule has 3 amide bonds. The first-order valence-electron chi connectivity index (χ1n) is 22.1. The Labute approximate surface area is 378 Å². The van der Waals surface area contributed by atoms with Crippen LogP contribution in [0.25, 0.3) is 0 Å². The van der Waals surface area contributed by atoms with Gasteiger partial charge >= 0.3 is 12.1 Å². The zero-order chi connectivity index (χ0) is 47.4. The number of carboxylic acids is 1. The summed E-state index contributed by atoms with van der Waals surface area (Å²) in [6, 6.07) is 8.46. The summed E-state index contributed by atoms with van der Waals surface area (Å²) in [7, 11) is 1.52. The van der Waals surface area contributed by atoms with Crippen LogP contribution >= 0.6 is 0 Å². The van der Waals surface area contributed by atoms with Gasteiger partial charge in [-0.3, -0.25) is 14.9 Å². The highest BCUT2D eigenvalue weighted by Gasteiger charge is 2.58. The Morgan fingerprint density at radius 3 is 2.34 bits per heavy atom. The number of carbonyl (C=O) groups is 4. The van der Waals surface area contributed by atoms with Crippen LogP contribution in [0.2, 0.25) is 0 Å². The minimum atomic E-state index is -2.28. The third-order valence-corrected chi connectivity index (χ3v) is 12.0. The lowest BCUT2D eigenvalue weighted by Gasteiger charge is -2.48. The highest BCUT2D eigenvalue weighted by Crippen LogP contribution is 2.45. The smallest absolute Gasteiger partial charge is 0.412 e. The standard InChI is InChI=1S/C46H64N6O13/c1-25-17-29(18-26(2)38(25)61-8)41(57)47-22-33(54)37(56)40-36(49-35(55)24-52-23-31(50-51-52)27-13-10-9-11-14-27)32(53)20-46(64-40,42(58)59)21-34-39(63-45(6,7)62-34)28-15-12-16-30(19-28)48-43(60)65-44(3,4)5/h12,15-19,23,27,32-34,36-37,39-40,53-54,56H,9-11,13-14,20-22,24H2,1-8H3,(H,47,57)(H,48,60)(H,49,55)(H,58,59)/t32-,33+,34-,36+,37+,39-,40+,46-/m0/s1. The van der Waals surface area contributed by atoms with Gasteiger partial charge in [-0.1, -0.05) is 36.6 Å². The van der Waals surface area contributed by atoms with Crippen molar-refractivity contribution in [2.24, 2.45) is 0 Å². The number of benzene rings is 2. The van der Waals surface area contributed by atoms with Crippen molar-refractivity contribution >= 4 is 29.6 Å². The molecule has 2 saturated heterocycles. The summed E-state index contributed by atoms with van der Waals surface area (Å²) in [6.45, 7) is 11.2. The van der Waals surface area contributed by atoms with Gasteiger partial charge in [0.05, 0.1) is 37.2 Å². The van der Waals surface area contributed by atoms with Gasteiger partial charge in [0.15, 0.2) is 11.4 Å². The maximum Gasteiger partial charge on any atom is 0.412 e. The lowest BCUT2D eigenvalue weighted by atomic mass is 9.79. The van der Waals surface area contributed by atoms with Crippen molar-refractivity contribution in [1.82, 2.24) is 25.6 Å². The number of carbonyl (C=O) groups excluding carboxylic acids is 3. The molecule has 3 fully saturated rings. The summed E-state index contributed by atoms with van der Waals surface area (Å²) in [6.07, 6.45) is -3.88. The van der Waals surface area contributed by atoms with E-state index in [-0.39, 0.29) is 18.0 Å². The van der Waals surface area contributed by atoms with Crippen LogP contribution in [-0.4, -0.2) is 127 Å². The number of aliphatic hydroxyl groups is 3. The average Bonchev–Trinajstić information content (AvgIpc) is 3.82. The van der Waals surface area contributed by atoms with Crippen LogP contribution in [0.1, 0.15) is 124 Å². The summed E-state index contributed by atoms with van der Waals surface area (Å²) < 4.78 is 31.1. The van der Waals surface area contributed by atoms with E-state index < -0.39 is 103 Å². The number of carboxylic acid groups (broad SMARTS) is 1. The largest absolute Gasteiger partial charge is 0.496 e. The van der Waals surface area contributed by atoms with Crippen molar-refractivity contribution in [3.05, 3.63) is 70.5 Å². The Morgan fingerprint density at radius 2 is 1.69 bits per heavy atom. The van der Waals surface area contributed by atoms with Gasteiger partial charge in [0, 0.05) is 42.8 Å². The third-order valence-electron chi connectivity index (χ3n) is 12.0. The van der Waals surface area contributed by atoms with Crippen molar-refractivity contribution in [3.63, 3.8) is 0 Å². The van der Waals surface area contributed by atoms with Gasteiger partial charge in [0.1, 0.15) is 36.2 Å². The molecule has 65 heavy (non-hydrogen) atoms. The van der Waals surface area contributed by atoms with Crippen LogP contribution in [0.4, 0.5) is 10.5 Å². The van der Waals surface area contributed by atoms with Gasteiger partial charge in [-0.15, -0.1) is 5.10 Å². The zero-order valence-electron chi connectivity index (χ0n) is 38.3. The topological polar surface area (TPSA) is 262 Å². The quantitative estimate of drug-likeness (QED) is 0.113. The van der Waals surface area contributed by atoms with E-state index in [1.165, 1.54) is 11.8 Å². The number of nitrogens with one attached hydrogen (secondary N) is 3. The summed E-state index contributed by atoms with van der Waals surface area (Å²) >= 11 is 0. The number of anilines is 1. The first-order chi connectivity index (χ1) is 30.6. The Bertz CT molecular complexity index is 2160. The molecule has 2 aliphatic heterocycles. The van der Waals surface area contributed by atoms with Gasteiger partial charge < -0.3 is 54.7 Å². The van der Waals surface area contributed by atoms with Gasteiger partial charge in [0.2, 0.25) is 5.91 Å². The monoisotopic (exact) mass is 908 g/mol. The average molecular weight is 909 g/mol. The highest BCUT2D eigenvalue weighted by atomic mass is 16.8. The summed E-state index contributed by atoms with van der Waals surface area (Å²) in [5.41, 5.74) is 0.297. The normalized spacial score (nSPS) is 25.6. The molecular weight excluding hydrogens is 845 g/mol. The second-order valence-electron chi connectivity index (χ2n) is 18.9. The maximum absolute atomic E-state index is 13.7. The Balaban J connectivity index is 1.25. The van der Waals surface area contributed by atoms with Crippen LogP contribution in [0.15, 0.2) is 42.6 Å². The Morgan fingerprint density at radius 1 is 1.00 bits per heavy atom. The molecule has 356 valence electrons. The molecular formula is C46H64N6O13. The predicted octanol–water partition coefficient (Wildman–Crippen LogP) is 4.19. The van der Waals surface area contributed by atoms with Crippen molar-refractivity contribution in [1.29, 1.82) is 0 Å². The van der Waals surface area contributed by atoms with Crippen LogP contribution in [-0.2, 0) is 35.1 Å². The van der Waals surface area contributed by atoms with Crippen molar-refractivity contribution < 1.29 is 63.3 Å². The molecule has 7 N–H and O–H groups in total. The molecule has 3 aromatic rings. The Kier molecular flexibility index (Phi) is 15.3. The number of aromatic nitrogens is 3. The van der Waals surface area contributed by atoms with Gasteiger partial charge in [-0.05, 0) is 102 Å². The summed E-state index contributed by atoms with van der Waals surface area (Å²) in [5, 5.41) is 62.6. The number of aliphatic carboxylic acids is 1. The molecule has 3 heterocycles. The molecule has 1 aromatic heterocycles. The fourth-order valence-electron chi connectivity index (χ4n) is 9.09. The number of nitrogens with zero attached hydrogens (tertiary/aromatic N) is 3. The minimum Gasteiger partial charge on any atom is -0.496 e. The third kappa shape index (κ3) is 12.2. The van der Waals surface area contributed by atoms with Gasteiger partial charge in [-0.2, -0.15) is 0 Å². The second-order valence-corrected chi connectivity index (χ2v) is 18.9. The molecule has 0 spiro atoms. The molecule has 8 atom stereocenters. The summed E-state index contributed by atoms with van der Waals surface area (Å²) in [5.74, 6) is -3.13. The molecule has 2 aromatic carbocycles. The van der Waals surface area contributed by atoms with E-state index in [1.807, 2.05) is 0 Å². The van der Waals surface area contributed by atoms with E-state index in [1.54, 1.807) is 91.1 Å². The van der Waals surface area contributed by atoms with Crippen LogP contribution in [0, 0.1) is 13.8 Å². The maximum atomic E-state index is 13.7. The number of aryl methyl sites for hydroxylation is 2.